The molecule has 5 fully saturated rings. The first-order valence-corrected chi connectivity index (χ1v) is 24.5. The maximum absolute atomic E-state index is 14.0. The van der Waals surface area contributed by atoms with Crippen LogP contribution in [-0.4, -0.2) is 61.0 Å². The Morgan fingerprint density at radius 1 is 0.935 bits per heavy atom. The molecule has 1 amide bonds. The first kappa shape index (κ1) is 48.6. The number of hydrogen-bond acceptors (Lipinski definition) is 7. The van der Waals surface area contributed by atoms with Crippen LogP contribution in [0.5, 0.6) is 0 Å². The number of amides is 1. The molecule has 5 N–H and O–H groups in total. The molecule has 12 unspecified atom stereocenters. The molecule has 62 heavy (non-hydrogen) atoms. The zero-order valence-corrected chi connectivity index (χ0v) is 39.9. The molecule has 0 aliphatic heterocycles. The second kappa shape index (κ2) is 19.3. The van der Waals surface area contributed by atoms with E-state index in [-0.39, 0.29) is 63.1 Å². The van der Waals surface area contributed by atoms with Crippen LogP contribution in [-0.2, 0) is 19.2 Å². The van der Waals surface area contributed by atoms with Crippen molar-refractivity contribution in [3.05, 3.63) is 46.0 Å². The van der Waals surface area contributed by atoms with Crippen LogP contribution < -0.4 is 16.4 Å². The summed E-state index contributed by atoms with van der Waals surface area (Å²) in [5, 5.41) is 16.8. The molecule has 0 heterocycles. The van der Waals surface area contributed by atoms with Crippen LogP contribution in [0.2, 0.25) is 5.02 Å². The molecule has 7 rings (SSSR count). The van der Waals surface area contributed by atoms with Gasteiger partial charge in [-0.15, -0.1) is 0 Å². The van der Waals surface area contributed by atoms with E-state index in [1.807, 2.05) is 14.0 Å². The first-order valence-electron chi connectivity index (χ1n) is 24.2. The maximum Gasteiger partial charge on any atom is 0.306 e. The molecule has 5 saturated carbocycles. The fourth-order valence-corrected chi connectivity index (χ4v) is 15.2. The van der Waals surface area contributed by atoms with Crippen molar-refractivity contribution in [3.63, 3.8) is 0 Å². The Hall–Kier alpha value is -2.88. The number of likely N-dealkylation sites (N-methyl/N-ethyl adjacent to an activating group) is 1. The number of rotatable bonds is 15. The van der Waals surface area contributed by atoms with Gasteiger partial charge in [0.15, 0.2) is 5.78 Å². The van der Waals surface area contributed by atoms with E-state index in [0.717, 1.165) is 63.2 Å². The predicted molar refractivity (Wildman–Crippen MR) is 247 cm³/mol. The second-order valence-corrected chi connectivity index (χ2v) is 22.6. The molecule has 6 aliphatic carbocycles. The molecule has 6 aliphatic rings. The molecule has 0 spiro atoms. The number of benzene rings is 1. The lowest BCUT2D eigenvalue weighted by atomic mass is 9.35. The second-order valence-electron chi connectivity index (χ2n) is 22.1. The summed E-state index contributed by atoms with van der Waals surface area (Å²) in [7, 11) is 1.96. The van der Waals surface area contributed by atoms with Crippen LogP contribution in [0.3, 0.4) is 0 Å². The number of fused-ring (bicyclic) bond motifs is 7. The van der Waals surface area contributed by atoms with Crippen LogP contribution in [0.25, 0.3) is 0 Å². The molecule has 10 heteroatoms. The SMILES string of the molecule is CNC(CCCCN)CNC(=O)CC12CCC3C(CCC4C3(C)CCC3C(C)(C)C(CC(=O)C5CC(C(=O)O)C5C)CCC34C)C1=C(C(C)C)C(=O)C2.O=Cc1ccc(Cl)cc1. The number of carbonyl (C=O) groups excluding carboxylic acids is 4. The van der Waals surface area contributed by atoms with E-state index in [2.05, 4.69) is 52.2 Å². The van der Waals surface area contributed by atoms with Gasteiger partial charge in [0.2, 0.25) is 5.91 Å². The zero-order chi connectivity index (χ0) is 45.4. The number of carboxylic acids is 1. The highest BCUT2D eigenvalue weighted by atomic mass is 35.5. The summed E-state index contributed by atoms with van der Waals surface area (Å²) in [5.41, 5.74) is 8.85. The summed E-state index contributed by atoms with van der Waals surface area (Å²) in [5.74, 6) is 1.89. The van der Waals surface area contributed by atoms with Crippen molar-refractivity contribution in [3.8, 4) is 0 Å². The van der Waals surface area contributed by atoms with Gasteiger partial charge in [-0.05, 0) is 160 Å². The van der Waals surface area contributed by atoms with Gasteiger partial charge in [-0.3, -0.25) is 24.0 Å². The summed E-state index contributed by atoms with van der Waals surface area (Å²) in [6.45, 7) is 17.7. The van der Waals surface area contributed by atoms with Crippen LogP contribution in [0.1, 0.15) is 155 Å². The van der Waals surface area contributed by atoms with E-state index in [9.17, 15) is 29.1 Å². The highest BCUT2D eigenvalue weighted by Crippen LogP contribution is 2.74. The zero-order valence-electron chi connectivity index (χ0n) is 39.1. The van der Waals surface area contributed by atoms with Crippen LogP contribution >= 0.6 is 11.6 Å². The van der Waals surface area contributed by atoms with E-state index in [4.69, 9.17) is 17.3 Å². The monoisotopic (exact) mass is 876 g/mol. The lowest BCUT2D eigenvalue weighted by Gasteiger charge is -2.69. The van der Waals surface area contributed by atoms with Crippen LogP contribution in [0.15, 0.2) is 35.4 Å². The topological polar surface area (TPSA) is 156 Å². The molecule has 344 valence electrons. The fourth-order valence-electron chi connectivity index (χ4n) is 15.0. The number of halogens is 1. The quantitative estimate of drug-likeness (QED) is 0.100. The molecule has 1 aromatic carbocycles. The average Bonchev–Trinajstić information content (AvgIpc) is 3.51. The number of allylic oxidation sites excluding steroid dienone is 2. The van der Waals surface area contributed by atoms with E-state index in [0.29, 0.717) is 84.7 Å². The number of hydrogen-bond donors (Lipinski definition) is 4. The molecule has 0 aromatic heterocycles. The van der Waals surface area contributed by atoms with E-state index in [1.165, 1.54) is 24.8 Å². The highest BCUT2D eigenvalue weighted by Gasteiger charge is 2.66. The number of carbonyl (C=O) groups is 5. The molecular formula is C52H78ClN3O6. The van der Waals surface area contributed by atoms with Crippen molar-refractivity contribution in [2.24, 2.45) is 80.7 Å². The molecule has 12 atom stereocenters. The lowest BCUT2D eigenvalue weighted by Crippen LogP contribution is -2.62. The Bertz CT molecular complexity index is 1860. The van der Waals surface area contributed by atoms with Gasteiger partial charge in [-0.25, -0.2) is 0 Å². The van der Waals surface area contributed by atoms with Gasteiger partial charge in [0.25, 0.3) is 0 Å². The third-order valence-electron chi connectivity index (χ3n) is 18.4. The molecule has 1 aromatic rings. The van der Waals surface area contributed by atoms with Crippen molar-refractivity contribution in [2.45, 2.75) is 151 Å². The van der Waals surface area contributed by atoms with Gasteiger partial charge in [0.1, 0.15) is 12.1 Å². The largest absolute Gasteiger partial charge is 0.481 e. The van der Waals surface area contributed by atoms with Crippen molar-refractivity contribution >= 4 is 41.3 Å². The maximum atomic E-state index is 14.0. The number of unbranched alkanes of at least 4 members (excludes halogenated alkanes) is 1. The Labute approximate surface area is 377 Å². The van der Waals surface area contributed by atoms with Gasteiger partial charge < -0.3 is 21.5 Å². The van der Waals surface area contributed by atoms with Gasteiger partial charge in [0, 0.05) is 53.8 Å². The van der Waals surface area contributed by atoms with Crippen molar-refractivity contribution < 1.29 is 29.1 Å². The van der Waals surface area contributed by atoms with Crippen molar-refractivity contribution in [1.29, 1.82) is 0 Å². The third-order valence-corrected chi connectivity index (χ3v) is 18.7. The summed E-state index contributed by atoms with van der Waals surface area (Å²) >= 11 is 5.55. The fraction of sp³-hybridized carbons (Fsp3) is 0.750. The van der Waals surface area contributed by atoms with Gasteiger partial charge >= 0.3 is 5.97 Å². The highest BCUT2D eigenvalue weighted by molar-refractivity contribution is 6.30. The minimum absolute atomic E-state index is 0.0387. The van der Waals surface area contributed by atoms with Crippen LogP contribution in [0, 0.1) is 74.9 Å². The summed E-state index contributed by atoms with van der Waals surface area (Å²) in [6.07, 6.45) is 14.6. The van der Waals surface area contributed by atoms with Crippen molar-refractivity contribution in [1.82, 2.24) is 10.6 Å². The van der Waals surface area contributed by atoms with Gasteiger partial charge in [-0.2, -0.15) is 0 Å². The first-order chi connectivity index (χ1) is 29.3. The number of ketones is 2. The van der Waals surface area contributed by atoms with Crippen LogP contribution in [0.4, 0.5) is 0 Å². The Morgan fingerprint density at radius 2 is 1.63 bits per heavy atom. The number of carboxylic acid groups (broad SMARTS) is 1. The number of nitrogens with two attached hydrogens (primary N) is 1. The Kier molecular flexibility index (Phi) is 15.1. The van der Waals surface area contributed by atoms with E-state index < -0.39 is 5.97 Å². The van der Waals surface area contributed by atoms with Gasteiger partial charge in [0.05, 0.1) is 5.92 Å². The van der Waals surface area contributed by atoms with E-state index >= 15 is 0 Å². The number of nitrogens with one attached hydrogen (secondary N) is 2. The number of Topliss-reactive ketones (excluding diaryl/α,β-unsaturated/α-hetero) is 2. The summed E-state index contributed by atoms with van der Waals surface area (Å²) < 4.78 is 0. The molecule has 9 nitrogen and oxygen atoms in total. The Morgan fingerprint density at radius 3 is 2.24 bits per heavy atom. The van der Waals surface area contributed by atoms with Crippen molar-refractivity contribution in [2.75, 3.05) is 20.1 Å². The summed E-state index contributed by atoms with van der Waals surface area (Å²) in [6, 6.07) is 6.94. The number of aliphatic carboxylic acids is 1. The predicted octanol–water partition coefficient (Wildman–Crippen LogP) is 9.88. The third kappa shape index (κ3) is 9.16. The van der Waals surface area contributed by atoms with Gasteiger partial charge in [-0.1, -0.05) is 84.2 Å². The Balaban J connectivity index is 0.000000633. The standard InChI is InChI=1S/C45H73N3O5.C7H5ClO/c1-26(2)39-35(50)23-45(24-38(51)48-25-29(47-8)11-9-10-20-46)19-15-33-30(40(39)45)12-13-37-43(33,6)18-16-36-42(4,5)28(14-17-44(36,37)7)21-34(49)31-22-32(27(31)3)41(52)53;8-7-3-1-6(5-9)2-4-7/h26-33,36-37,47H,9-25,46H2,1-8H3,(H,48,51)(H,52,53);1-5H. The molecule has 0 saturated heterocycles. The van der Waals surface area contributed by atoms with E-state index in [1.54, 1.807) is 24.3 Å². The smallest absolute Gasteiger partial charge is 0.306 e. The summed E-state index contributed by atoms with van der Waals surface area (Å²) in [4.78, 5) is 63.0. The minimum atomic E-state index is -0.760. The number of aldehydes is 1. The lowest BCUT2D eigenvalue weighted by molar-refractivity contribution is -0.193. The molecule has 0 bridgehead atoms. The minimum Gasteiger partial charge on any atom is -0.481 e. The average molecular weight is 877 g/mol. The normalized spacial score (nSPS) is 36.1. The molecular weight excluding hydrogens is 798 g/mol. The molecule has 0 radical (unpaired) electrons.